The second-order valence-corrected chi connectivity index (χ2v) is 3.27. The molecule has 0 saturated carbocycles. The molecule has 2 aromatic heterocycles. The molecule has 4 nitrogen and oxygen atoms in total. The first-order valence-corrected chi connectivity index (χ1v) is 5.07. The average Bonchev–Trinajstić information content (AvgIpc) is 2.81. The molecule has 0 aromatic carbocycles. The number of nitrogens with zero attached hydrogens (tertiary/aromatic N) is 2. The van der Waals surface area contributed by atoms with Crippen molar-refractivity contribution in [1.29, 1.82) is 0 Å². The highest BCUT2D eigenvalue weighted by Gasteiger charge is 2.09. The molecule has 2 aromatic rings. The molecule has 5 heteroatoms. The fourth-order valence-corrected chi connectivity index (χ4v) is 1.36. The average molecular weight is 221 g/mol. The van der Waals surface area contributed by atoms with Gasteiger partial charge < -0.3 is 9.73 Å². The number of nitrogens with one attached hydrogen (secondary N) is 1. The largest absolute Gasteiger partial charge is 0.467 e. The maximum absolute atomic E-state index is 13.7. The maximum atomic E-state index is 13.7. The molecule has 0 amide bonds. The van der Waals surface area contributed by atoms with E-state index in [-0.39, 0.29) is 5.82 Å². The SMILES string of the molecule is CCc1ncnc(NCc2ccco2)c1F. The van der Waals surface area contributed by atoms with E-state index in [1.165, 1.54) is 6.33 Å². The van der Waals surface area contributed by atoms with Crippen molar-refractivity contribution >= 4 is 5.82 Å². The number of aryl methyl sites for hydroxylation is 1. The third-order valence-corrected chi connectivity index (χ3v) is 2.21. The summed E-state index contributed by atoms with van der Waals surface area (Å²) in [6, 6.07) is 3.59. The Bertz CT molecular complexity index is 456. The van der Waals surface area contributed by atoms with Crippen LogP contribution in [0.3, 0.4) is 0 Å². The van der Waals surface area contributed by atoms with Gasteiger partial charge in [-0.05, 0) is 18.6 Å². The van der Waals surface area contributed by atoms with E-state index in [2.05, 4.69) is 15.3 Å². The maximum Gasteiger partial charge on any atom is 0.186 e. The summed E-state index contributed by atoms with van der Waals surface area (Å²) in [6.07, 6.45) is 3.47. The van der Waals surface area contributed by atoms with E-state index in [4.69, 9.17) is 4.42 Å². The van der Waals surface area contributed by atoms with Gasteiger partial charge in [0.05, 0.1) is 18.5 Å². The van der Waals surface area contributed by atoms with E-state index < -0.39 is 5.82 Å². The first-order valence-electron chi connectivity index (χ1n) is 5.07. The Morgan fingerprint density at radius 1 is 1.44 bits per heavy atom. The van der Waals surface area contributed by atoms with Crippen molar-refractivity contribution < 1.29 is 8.81 Å². The number of hydrogen-bond donors (Lipinski definition) is 1. The zero-order valence-corrected chi connectivity index (χ0v) is 8.90. The molecule has 0 unspecified atom stereocenters. The van der Waals surface area contributed by atoms with Crippen LogP contribution in [0.5, 0.6) is 0 Å². The number of anilines is 1. The van der Waals surface area contributed by atoms with Crippen LogP contribution in [0.25, 0.3) is 0 Å². The first-order chi connectivity index (χ1) is 7.81. The Morgan fingerprint density at radius 2 is 2.31 bits per heavy atom. The minimum Gasteiger partial charge on any atom is -0.467 e. The molecule has 0 radical (unpaired) electrons. The van der Waals surface area contributed by atoms with Crippen molar-refractivity contribution in [1.82, 2.24) is 9.97 Å². The van der Waals surface area contributed by atoms with Crippen LogP contribution in [0.4, 0.5) is 10.2 Å². The molecule has 2 rings (SSSR count). The molecule has 0 atom stereocenters. The van der Waals surface area contributed by atoms with E-state index in [9.17, 15) is 4.39 Å². The van der Waals surface area contributed by atoms with Crippen molar-refractivity contribution in [2.75, 3.05) is 5.32 Å². The Balaban J connectivity index is 2.09. The smallest absolute Gasteiger partial charge is 0.186 e. The highest BCUT2D eigenvalue weighted by Crippen LogP contribution is 2.14. The monoisotopic (exact) mass is 221 g/mol. The molecule has 0 aliphatic carbocycles. The fourth-order valence-electron chi connectivity index (χ4n) is 1.36. The predicted octanol–water partition coefficient (Wildman–Crippen LogP) is 2.38. The number of hydrogen-bond acceptors (Lipinski definition) is 4. The van der Waals surface area contributed by atoms with Crippen LogP contribution in [0.2, 0.25) is 0 Å². The molecular formula is C11H12FN3O. The van der Waals surface area contributed by atoms with E-state index >= 15 is 0 Å². The molecule has 0 aliphatic heterocycles. The molecule has 84 valence electrons. The summed E-state index contributed by atoms with van der Waals surface area (Å²) in [7, 11) is 0. The van der Waals surface area contributed by atoms with E-state index in [1.807, 2.05) is 13.0 Å². The van der Waals surface area contributed by atoms with Crippen LogP contribution < -0.4 is 5.32 Å². The summed E-state index contributed by atoms with van der Waals surface area (Å²) in [6.45, 7) is 2.26. The standard InChI is InChI=1S/C11H12FN3O/c1-2-9-10(12)11(15-7-14-9)13-6-8-4-3-5-16-8/h3-5,7H,2,6H2,1H3,(H,13,14,15). The molecule has 16 heavy (non-hydrogen) atoms. The Morgan fingerprint density at radius 3 is 3.00 bits per heavy atom. The zero-order valence-electron chi connectivity index (χ0n) is 8.90. The topological polar surface area (TPSA) is 51.0 Å². The van der Waals surface area contributed by atoms with Crippen molar-refractivity contribution in [2.45, 2.75) is 19.9 Å². The van der Waals surface area contributed by atoms with Crippen LogP contribution in [0.1, 0.15) is 18.4 Å². The third kappa shape index (κ3) is 2.18. The van der Waals surface area contributed by atoms with Crippen LogP contribution in [-0.2, 0) is 13.0 Å². The van der Waals surface area contributed by atoms with Gasteiger partial charge in [-0.15, -0.1) is 0 Å². The van der Waals surface area contributed by atoms with Gasteiger partial charge in [0.15, 0.2) is 11.6 Å². The molecule has 0 spiro atoms. The summed E-state index contributed by atoms with van der Waals surface area (Å²) in [5, 5.41) is 2.87. The lowest BCUT2D eigenvalue weighted by molar-refractivity contribution is 0.516. The number of rotatable bonds is 4. The van der Waals surface area contributed by atoms with Crippen molar-refractivity contribution in [2.24, 2.45) is 0 Å². The van der Waals surface area contributed by atoms with Crippen molar-refractivity contribution in [3.05, 3.63) is 42.0 Å². The lowest BCUT2D eigenvalue weighted by atomic mass is 10.3. The van der Waals surface area contributed by atoms with Gasteiger partial charge in [0.2, 0.25) is 0 Å². The van der Waals surface area contributed by atoms with Crippen LogP contribution in [-0.4, -0.2) is 9.97 Å². The van der Waals surface area contributed by atoms with Crippen LogP contribution in [0, 0.1) is 5.82 Å². The molecular weight excluding hydrogens is 209 g/mol. The van der Waals surface area contributed by atoms with Gasteiger partial charge in [-0.25, -0.2) is 14.4 Å². The Hall–Kier alpha value is -1.91. The Kier molecular flexibility index (Phi) is 3.14. The van der Waals surface area contributed by atoms with Crippen molar-refractivity contribution in [3.63, 3.8) is 0 Å². The molecule has 2 heterocycles. The minimum atomic E-state index is -0.392. The molecule has 0 bridgehead atoms. The summed E-state index contributed by atoms with van der Waals surface area (Å²) in [5.74, 6) is 0.552. The van der Waals surface area contributed by atoms with Crippen molar-refractivity contribution in [3.8, 4) is 0 Å². The van der Waals surface area contributed by atoms with Gasteiger partial charge in [0.25, 0.3) is 0 Å². The van der Waals surface area contributed by atoms with E-state index in [0.29, 0.717) is 18.7 Å². The number of furan rings is 1. The van der Waals surface area contributed by atoms with Gasteiger partial charge in [-0.1, -0.05) is 6.92 Å². The van der Waals surface area contributed by atoms with E-state index in [0.717, 1.165) is 5.76 Å². The summed E-state index contributed by atoms with van der Waals surface area (Å²) in [5.41, 5.74) is 0.414. The highest BCUT2D eigenvalue weighted by atomic mass is 19.1. The minimum absolute atomic E-state index is 0.211. The fraction of sp³-hybridized carbons (Fsp3) is 0.273. The summed E-state index contributed by atoms with van der Waals surface area (Å²) < 4.78 is 18.8. The third-order valence-electron chi connectivity index (χ3n) is 2.21. The highest BCUT2D eigenvalue weighted by molar-refractivity contribution is 5.37. The molecule has 0 aliphatic rings. The normalized spacial score (nSPS) is 10.4. The zero-order chi connectivity index (χ0) is 11.4. The van der Waals surface area contributed by atoms with Gasteiger partial charge in [0.1, 0.15) is 12.1 Å². The molecule has 0 fully saturated rings. The van der Waals surface area contributed by atoms with Gasteiger partial charge in [-0.3, -0.25) is 0 Å². The summed E-state index contributed by atoms with van der Waals surface area (Å²) in [4.78, 5) is 7.70. The quantitative estimate of drug-likeness (QED) is 0.861. The lowest BCUT2D eigenvalue weighted by Crippen LogP contribution is -2.06. The molecule has 1 N–H and O–H groups in total. The van der Waals surface area contributed by atoms with Gasteiger partial charge >= 0.3 is 0 Å². The van der Waals surface area contributed by atoms with Gasteiger partial charge in [-0.2, -0.15) is 0 Å². The lowest BCUT2D eigenvalue weighted by Gasteiger charge is -2.06. The Labute approximate surface area is 92.5 Å². The predicted molar refractivity (Wildman–Crippen MR) is 57.4 cm³/mol. The summed E-state index contributed by atoms with van der Waals surface area (Å²) >= 11 is 0. The number of aromatic nitrogens is 2. The van der Waals surface area contributed by atoms with E-state index in [1.54, 1.807) is 12.3 Å². The second kappa shape index (κ2) is 4.74. The van der Waals surface area contributed by atoms with Crippen LogP contribution >= 0.6 is 0 Å². The number of halogens is 1. The second-order valence-electron chi connectivity index (χ2n) is 3.27. The molecule has 0 saturated heterocycles. The van der Waals surface area contributed by atoms with Gasteiger partial charge in [0, 0.05) is 0 Å². The van der Waals surface area contributed by atoms with Crippen LogP contribution in [0.15, 0.2) is 29.1 Å². The first kappa shape index (κ1) is 10.6.